The molecule has 1 heterocycles. The van der Waals surface area contributed by atoms with Crippen molar-refractivity contribution < 1.29 is 17.9 Å². The van der Waals surface area contributed by atoms with E-state index in [1.165, 1.54) is 16.8 Å². The number of rotatable bonds is 6. The van der Waals surface area contributed by atoms with Crippen LogP contribution in [-0.4, -0.2) is 30.8 Å². The van der Waals surface area contributed by atoms with Crippen LogP contribution in [-0.2, 0) is 26.1 Å². The second kappa shape index (κ2) is 7.73. The average molecular weight is 385 g/mol. The Balaban J connectivity index is 2.04. The maximum absolute atomic E-state index is 11.8. The minimum absolute atomic E-state index is 0.0110. The molecule has 0 aliphatic heterocycles. The highest BCUT2D eigenvalue weighted by Crippen LogP contribution is 2.31. The number of hydrogen-bond acceptors (Lipinski definition) is 5. The van der Waals surface area contributed by atoms with Crippen molar-refractivity contribution in [2.45, 2.75) is 18.4 Å². The van der Waals surface area contributed by atoms with E-state index in [4.69, 9.17) is 9.88 Å². The van der Waals surface area contributed by atoms with Crippen LogP contribution in [0.25, 0.3) is 22.4 Å². The normalized spacial score (nSPS) is 11.3. The van der Waals surface area contributed by atoms with Crippen LogP contribution in [0, 0.1) is 0 Å². The lowest BCUT2D eigenvalue weighted by Gasteiger charge is -2.04. The predicted octanol–water partition coefficient (Wildman–Crippen LogP) is 2.43. The zero-order chi connectivity index (χ0) is 19.4. The largest absolute Gasteiger partial charge is 0.465 e. The SMILES string of the molecule is CCOC(=O)Cn1cc(-c2ccccc2)c(-c2ccc(S(N)(=O)=O)cc2)n1. The van der Waals surface area contributed by atoms with Crippen LogP contribution < -0.4 is 5.14 Å². The molecule has 3 aromatic rings. The second-order valence-electron chi connectivity index (χ2n) is 5.83. The van der Waals surface area contributed by atoms with Crippen molar-refractivity contribution in [3.8, 4) is 22.4 Å². The molecule has 0 spiro atoms. The first-order chi connectivity index (χ1) is 12.9. The molecule has 0 aliphatic carbocycles. The van der Waals surface area contributed by atoms with E-state index < -0.39 is 10.0 Å². The van der Waals surface area contributed by atoms with Gasteiger partial charge in [0, 0.05) is 17.3 Å². The number of hydrogen-bond donors (Lipinski definition) is 1. The van der Waals surface area contributed by atoms with Gasteiger partial charge in [0.1, 0.15) is 12.2 Å². The van der Waals surface area contributed by atoms with Gasteiger partial charge in [0.2, 0.25) is 10.0 Å². The molecule has 0 aliphatic rings. The second-order valence-corrected chi connectivity index (χ2v) is 7.39. The van der Waals surface area contributed by atoms with Crippen LogP contribution in [0.1, 0.15) is 6.92 Å². The van der Waals surface area contributed by atoms with E-state index in [1.54, 1.807) is 25.3 Å². The van der Waals surface area contributed by atoms with Gasteiger partial charge in [-0.3, -0.25) is 9.48 Å². The first kappa shape index (κ1) is 18.8. The maximum Gasteiger partial charge on any atom is 0.327 e. The molecule has 0 saturated heterocycles. The zero-order valence-corrected chi connectivity index (χ0v) is 15.5. The van der Waals surface area contributed by atoms with Crippen LogP contribution >= 0.6 is 0 Å². The number of esters is 1. The van der Waals surface area contributed by atoms with Crippen LogP contribution in [0.5, 0.6) is 0 Å². The molecule has 8 heteroatoms. The first-order valence-electron chi connectivity index (χ1n) is 8.30. The topological polar surface area (TPSA) is 104 Å². The molecule has 0 unspecified atom stereocenters. The molecule has 140 valence electrons. The van der Waals surface area contributed by atoms with Gasteiger partial charge in [-0.25, -0.2) is 13.6 Å². The Hall–Kier alpha value is -2.97. The van der Waals surface area contributed by atoms with Crippen LogP contribution in [0.3, 0.4) is 0 Å². The van der Waals surface area contributed by atoms with E-state index in [9.17, 15) is 13.2 Å². The summed E-state index contributed by atoms with van der Waals surface area (Å²) < 4.78 is 29.4. The van der Waals surface area contributed by atoms with Gasteiger partial charge in [0.25, 0.3) is 0 Å². The number of ether oxygens (including phenoxy) is 1. The maximum atomic E-state index is 11.8. The standard InChI is InChI=1S/C19H19N3O4S/c1-2-26-18(23)13-22-12-17(14-6-4-3-5-7-14)19(21-22)15-8-10-16(11-9-15)27(20,24)25/h3-12H,2,13H2,1H3,(H2,20,24,25). The van der Waals surface area contributed by atoms with Crippen molar-refractivity contribution in [1.82, 2.24) is 9.78 Å². The molecule has 27 heavy (non-hydrogen) atoms. The van der Waals surface area contributed by atoms with Crippen molar-refractivity contribution in [2.75, 3.05) is 6.61 Å². The number of aromatic nitrogens is 2. The third kappa shape index (κ3) is 4.42. The Morgan fingerprint density at radius 2 is 1.74 bits per heavy atom. The number of nitrogens with zero attached hydrogens (tertiary/aromatic N) is 2. The lowest BCUT2D eigenvalue weighted by Crippen LogP contribution is -2.13. The van der Waals surface area contributed by atoms with E-state index >= 15 is 0 Å². The quantitative estimate of drug-likeness (QED) is 0.656. The molecule has 3 rings (SSSR count). The van der Waals surface area contributed by atoms with Gasteiger partial charge >= 0.3 is 5.97 Å². The molecule has 0 fully saturated rings. The van der Waals surface area contributed by atoms with Crippen molar-refractivity contribution in [3.63, 3.8) is 0 Å². The van der Waals surface area contributed by atoms with Gasteiger partial charge in [0.05, 0.1) is 11.5 Å². The highest BCUT2D eigenvalue weighted by molar-refractivity contribution is 7.89. The fraction of sp³-hybridized carbons (Fsp3) is 0.158. The summed E-state index contributed by atoms with van der Waals surface area (Å²) >= 11 is 0. The summed E-state index contributed by atoms with van der Waals surface area (Å²) in [5, 5.41) is 9.66. The van der Waals surface area contributed by atoms with Crippen molar-refractivity contribution in [1.29, 1.82) is 0 Å². The molecular formula is C19H19N3O4S. The van der Waals surface area contributed by atoms with E-state index in [0.717, 1.165) is 11.1 Å². The van der Waals surface area contributed by atoms with Crippen LogP contribution in [0.2, 0.25) is 0 Å². The van der Waals surface area contributed by atoms with Crippen LogP contribution in [0.15, 0.2) is 65.7 Å². The van der Waals surface area contributed by atoms with Gasteiger partial charge in [-0.15, -0.1) is 0 Å². The summed E-state index contributed by atoms with van der Waals surface area (Å²) in [5.41, 5.74) is 3.09. The minimum atomic E-state index is -3.77. The number of nitrogens with two attached hydrogens (primary N) is 1. The molecule has 0 atom stereocenters. The van der Waals surface area contributed by atoms with E-state index in [1.807, 2.05) is 30.3 Å². The predicted molar refractivity (Wildman–Crippen MR) is 101 cm³/mol. The minimum Gasteiger partial charge on any atom is -0.465 e. The zero-order valence-electron chi connectivity index (χ0n) is 14.7. The summed E-state index contributed by atoms with van der Waals surface area (Å²) in [5.74, 6) is -0.379. The Labute approximate surface area is 157 Å². The third-order valence-electron chi connectivity index (χ3n) is 3.90. The molecule has 0 radical (unpaired) electrons. The Kier molecular flexibility index (Phi) is 5.38. The molecule has 0 amide bonds. The Morgan fingerprint density at radius 1 is 1.07 bits per heavy atom. The number of benzene rings is 2. The van der Waals surface area contributed by atoms with Gasteiger partial charge in [-0.05, 0) is 24.6 Å². The molecule has 2 N–H and O–H groups in total. The number of primary sulfonamides is 1. The molecule has 0 bridgehead atoms. The molecule has 1 aromatic heterocycles. The third-order valence-corrected chi connectivity index (χ3v) is 4.83. The Morgan fingerprint density at radius 3 is 2.33 bits per heavy atom. The fourth-order valence-corrected chi connectivity index (χ4v) is 3.20. The number of carbonyl (C=O) groups is 1. The summed E-state index contributed by atoms with van der Waals surface area (Å²) in [6, 6.07) is 15.8. The summed E-state index contributed by atoms with van der Waals surface area (Å²) in [6.45, 7) is 2.03. The fourth-order valence-electron chi connectivity index (χ4n) is 2.69. The molecular weight excluding hydrogens is 366 g/mol. The van der Waals surface area contributed by atoms with Gasteiger partial charge < -0.3 is 4.74 Å². The average Bonchev–Trinajstić information content (AvgIpc) is 3.06. The number of carbonyl (C=O) groups excluding carboxylic acids is 1. The lowest BCUT2D eigenvalue weighted by molar-refractivity contribution is -0.144. The van der Waals surface area contributed by atoms with E-state index in [2.05, 4.69) is 5.10 Å². The van der Waals surface area contributed by atoms with Crippen molar-refractivity contribution in [3.05, 3.63) is 60.8 Å². The number of sulfonamides is 1. The van der Waals surface area contributed by atoms with Gasteiger partial charge in [-0.1, -0.05) is 42.5 Å². The monoisotopic (exact) mass is 385 g/mol. The summed E-state index contributed by atoms with van der Waals surface area (Å²) in [6.07, 6.45) is 1.77. The smallest absolute Gasteiger partial charge is 0.327 e. The van der Waals surface area contributed by atoms with Crippen LogP contribution in [0.4, 0.5) is 0 Å². The van der Waals surface area contributed by atoms with E-state index in [0.29, 0.717) is 17.9 Å². The summed E-state index contributed by atoms with van der Waals surface area (Å²) in [7, 11) is -3.77. The molecule has 7 nitrogen and oxygen atoms in total. The van der Waals surface area contributed by atoms with Crippen molar-refractivity contribution >= 4 is 16.0 Å². The van der Waals surface area contributed by atoms with Crippen molar-refractivity contribution in [2.24, 2.45) is 5.14 Å². The Bertz CT molecular complexity index is 1040. The lowest BCUT2D eigenvalue weighted by atomic mass is 10.0. The van der Waals surface area contributed by atoms with E-state index in [-0.39, 0.29) is 17.4 Å². The molecule has 2 aromatic carbocycles. The van der Waals surface area contributed by atoms with Gasteiger partial charge in [-0.2, -0.15) is 5.10 Å². The molecule has 0 saturated carbocycles. The summed E-state index contributed by atoms with van der Waals surface area (Å²) in [4.78, 5) is 11.8. The first-order valence-corrected chi connectivity index (χ1v) is 9.85. The highest BCUT2D eigenvalue weighted by atomic mass is 32.2. The van der Waals surface area contributed by atoms with Gasteiger partial charge in [0.15, 0.2) is 0 Å². The highest BCUT2D eigenvalue weighted by Gasteiger charge is 2.16.